The van der Waals surface area contributed by atoms with Crippen LogP contribution in [0.3, 0.4) is 0 Å². The molecule has 21 heavy (non-hydrogen) atoms. The average molecular weight is 369 g/mol. The van der Waals surface area contributed by atoms with E-state index in [-0.39, 0.29) is 6.04 Å². The zero-order valence-corrected chi connectivity index (χ0v) is 14.1. The van der Waals surface area contributed by atoms with E-state index >= 15 is 0 Å². The van der Waals surface area contributed by atoms with Crippen LogP contribution in [0, 0.1) is 6.92 Å². The van der Waals surface area contributed by atoms with Gasteiger partial charge in [0.05, 0.1) is 23.8 Å². The largest absolute Gasteiger partial charge is 0.369 e. The van der Waals surface area contributed by atoms with Crippen molar-refractivity contribution in [2.45, 2.75) is 13.0 Å². The fraction of sp³-hybridized carbons (Fsp3) is 0.286. The predicted molar refractivity (Wildman–Crippen MR) is 88.8 cm³/mol. The molecular formula is C14H15BrClN5. The molecule has 0 radical (unpaired) electrons. The summed E-state index contributed by atoms with van der Waals surface area (Å²) in [6.07, 6.45) is 1.88. The lowest BCUT2D eigenvalue weighted by Gasteiger charge is -2.26. The molecule has 1 aromatic heterocycles. The standard InChI is InChI=1S/C14H15BrClN5/c1-8-10(6-19-20(8)2)13-7-18-14(17)21(13)9-3-4-12(16)11(15)5-9/h3-6,13H,7H2,1-2H3,(H2,17,18). The number of nitrogens with two attached hydrogens (primary N) is 1. The number of aryl methyl sites for hydroxylation is 1. The molecule has 1 unspecified atom stereocenters. The summed E-state index contributed by atoms with van der Waals surface area (Å²) in [4.78, 5) is 6.41. The summed E-state index contributed by atoms with van der Waals surface area (Å²) in [5, 5.41) is 4.98. The highest BCUT2D eigenvalue weighted by Crippen LogP contribution is 2.35. The normalized spacial score (nSPS) is 18.2. The van der Waals surface area contributed by atoms with Gasteiger partial charge in [0.15, 0.2) is 5.96 Å². The van der Waals surface area contributed by atoms with Crippen molar-refractivity contribution < 1.29 is 0 Å². The number of anilines is 1. The third kappa shape index (κ3) is 2.42. The Morgan fingerprint density at radius 1 is 1.43 bits per heavy atom. The lowest BCUT2D eigenvalue weighted by molar-refractivity contribution is 0.723. The second-order valence-corrected chi connectivity index (χ2v) is 6.25. The van der Waals surface area contributed by atoms with E-state index in [1.807, 2.05) is 47.9 Å². The van der Waals surface area contributed by atoms with Gasteiger partial charge in [-0.1, -0.05) is 11.6 Å². The molecule has 0 spiro atoms. The van der Waals surface area contributed by atoms with Gasteiger partial charge in [0.25, 0.3) is 0 Å². The van der Waals surface area contributed by atoms with Crippen molar-refractivity contribution in [3.05, 3.63) is 45.1 Å². The molecule has 0 saturated heterocycles. The van der Waals surface area contributed by atoms with Gasteiger partial charge in [-0.15, -0.1) is 0 Å². The van der Waals surface area contributed by atoms with Gasteiger partial charge in [0.2, 0.25) is 0 Å². The molecule has 0 aliphatic carbocycles. The average Bonchev–Trinajstić information content (AvgIpc) is 2.98. The molecule has 2 N–H and O–H groups in total. The first-order valence-electron chi connectivity index (χ1n) is 6.51. The third-order valence-electron chi connectivity index (χ3n) is 3.80. The topological polar surface area (TPSA) is 59.4 Å². The summed E-state index contributed by atoms with van der Waals surface area (Å²) in [7, 11) is 1.93. The number of hydrogen-bond donors (Lipinski definition) is 1. The van der Waals surface area contributed by atoms with E-state index in [0.29, 0.717) is 17.5 Å². The van der Waals surface area contributed by atoms with Crippen molar-refractivity contribution in [1.29, 1.82) is 0 Å². The minimum atomic E-state index is 0.0618. The quantitative estimate of drug-likeness (QED) is 0.886. The minimum Gasteiger partial charge on any atom is -0.369 e. The number of nitrogens with zero attached hydrogens (tertiary/aromatic N) is 4. The SMILES string of the molecule is Cc1c(C2CN=C(N)N2c2ccc(Cl)c(Br)c2)cnn1C. The summed E-state index contributed by atoms with van der Waals surface area (Å²) >= 11 is 9.52. The Morgan fingerprint density at radius 3 is 2.81 bits per heavy atom. The molecule has 1 aliphatic heterocycles. The van der Waals surface area contributed by atoms with Gasteiger partial charge >= 0.3 is 0 Å². The number of halogens is 2. The van der Waals surface area contributed by atoms with Gasteiger partial charge in [-0.2, -0.15) is 5.10 Å². The van der Waals surface area contributed by atoms with E-state index in [4.69, 9.17) is 17.3 Å². The first kappa shape index (κ1) is 14.4. The maximum absolute atomic E-state index is 6.08. The van der Waals surface area contributed by atoms with Crippen LogP contribution in [0.2, 0.25) is 5.02 Å². The number of benzene rings is 1. The van der Waals surface area contributed by atoms with E-state index in [2.05, 4.69) is 26.0 Å². The zero-order valence-electron chi connectivity index (χ0n) is 11.7. The van der Waals surface area contributed by atoms with Gasteiger partial charge < -0.3 is 10.6 Å². The van der Waals surface area contributed by atoms with Crippen LogP contribution in [-0.4, -0.2) is 22.3 Å². The highest BCUT2D eigenvalue weighted by atomic mass is 79.9. The van der Waals surface area contributed by atoms with Crippen LogP contribution < -0.4 is 10.6 Å². The van der Waals surface area contributed by atoms with Crippen molar-refractivity contribution >= 4 is 39.2 Å². The molecule has 1 aromatic carbocycles. The van der Waals surface area contributed by atoms with Crippen LogP contribution in [0.25, 0.3) is 0 Å². The first-order valence-corrected chi connectivity index (χ1v) is 7.69. The fourth-order valence-corrected chi connectivity index (χ4v) is 3.01. The van der Waals surface area contributed by atoms with Crippen LogP contribution >= 0.6 is 27.5 Å². The predicted octanol–water partition coefficient (Wildman–Crippen LogP) is 3.02. The molecule has 2 heterocycles. The zero-order chi connectivity index (χ0) is 15.1. The first-order chi connectivity index (χ1) is 9.99. The molecule has 0 amide bonds. The summed E-state index contributed by atoms with van der Waals surface area (Å²) in [6, 6.07) is 5.81. The van der Waals surface area contributed by atoms with E-state index < -0.39 is 0 Å². The lowest BCUT2D eigenvalue weighted by atomic mass is 10.1. The number of aliphatic imine (C=N–C) groups is 1. The maximum atomic E-state index is 6.08. The minimum absolute atomic E-state index is 0.0618. The molecule has 0 fully saturated rings. The Bertz CT molecular complexity index is 724. The Morgan fingerprint density at radius 2 is 2.19 bits per heavy atom. The monoisotopic (exact) mass is 367 g/mol. The van der Waals surface area contributed by atoms with E-state index in [9.17, 15) is 0 Å². The van der Waals surface area contributed by atoms with Crippen molar-refractivity contribution in [2.75, 3.05) is 11.4 Å². The van der Waals surface area contributed by atoms with E-state index in [1.165, 1.54) is 0 Å². The van der Waals surface area contributed by atoms with Crippen LogP contribution in [0.1, 0.15) is 17.3 Å². The van der Waals surface area contributed by atoms with Crippen LogP contribution in [-0.2, 0) is 7.05 Å². The Hall–Kier alpha value is -1.53. The fourth-order valence-electron chi connectivity index (χ4n) is 2.52. The van der Waals surface area contributed by atoms with Gasteiger partial charge in [-0.05, 0) is 41.1 Å². The molecule has 1 atom stereocenters. The van der Waals surface area contributed by atoms with E-state index in [0.717, 1.165) is 21.4 Å². The van der Waals surface area contributed by atoms with Gasteiger partial charge in [0.1, 0.15) is 0 Å². The van der Waals surface area contributed by atoms with E-state index in [1.54, 1.807) is 0 Å². The molecule has 1 aliphatic rings. The molecule has 110 valence electrons. The smallest absolute Gasteiger partial charge is 0.196 e. The van der Waals surface area contributed by atoms with Crippen LogP contribution in [0.15, 0.2) is 33.9 Å². The number of rotatable bonds is 2. The molecular weight excluding hydrogens is 354 g/mol. The summed E-state index contributed by atoms with van der Waals surface area (Å²) < 4.78 is 2.70. The highest BCUT2D eigenvalue weighted by molar-refractivity contribution is 9.10. The molecule has 5 nitrogen and oxygen atoms in total. The van der Waals surface area contributed by atoms with Crippen LogP contribution in [0.4, 0.5) is 5.69 Å². The number of hydrogen-bond acceptors (Lipinski definition) is 4. The van der Waals surface area contributed by atoms with Crippen molar-refractivity contribution in [2.24, 2.45) is 17.8 Å². The Labute approximate surface area is 136 Å². The Kier molecular flexibility index (Phi) is 3.67. The van der Waals surface area contributed by atoms with Gasteiger partial charge in [-0.25, -0.2) is 0 Å². The summed E-state index contributed by atoms with van der Waals surface area (Å²) in [5.74, 6) is 0.512. The second-order valence-electron chi connectivity index (χ2n) is 4.99. The molecule has 7 heteroatoms. The highest BCUT2D eigenvalue weighted by Gasteiger charge is 2.31. The third-order valence-corrected chi connectivity index (χ3v) is 5.01. The van der Waals surface area contributed by atoms with Gasteiger partial charge in [-0.3, -0.25) is 9.67 Å². The second kappa shape index (κ2) is 5.35. The molecule has 0 bridgehead atoms. The molecule has 0 saturated carbocycles. The summed E-state index contributed by atoms with van der Waals surface area (Å²) in [6.45, 7) is 2.67. The number of aromatic nitrogens is 2. The molecule has 3 rings (SSSR count). The van der Waals surface area contributed by atoms with Crippen LogP contribution in [0.5, 0.6) is 0 Å². The Balaban J connectivity index is 2.03. The maximum Gasteiger partial charge on any atom is 0.196 e. The van der Waals surface area contributed by atoms with Crippen molar-refractivity contribution in [3.8, 4) is 0 Å². The summed E-state index contributed by atoms with van der Waals surface area (Å²) in [5.41, 5.74) is 9.29. The van der Waals surface area contributed by atoms with Crippen molar-refractivity contribution in [1.82, 2.24) is 9.78 Å². The lowest BCUT2D eigenvalue weighted by Crippen LogP contribution is -2.36. The van der Waals surface area contributed by atoms with Gasteiger partial charge in [0, 0.05) is 28.5 Å². The molecule has 2 aromatic rings. The number of guanidine groups is 1. The van der Waals surface area contributed by atoms with Crippen molar-refractivity contribution in [3.63, 3.8) is 0 Å².